The molecule has 6 rings (SSSR count). The van der Waals surface area contributed by atoms with Crippen LogP contribution in [0.4, 0.5) is 17.5 Å². The highest BCUT2D eigenvalue weighted by Gasteiger charge is 2.41. The molecule has 12 nitrogen and oxygen atoms in total. The van der Waals surface area contributed by atoms with Crippen molar-refractivity contribution in [3.8, 4) is 11.5 Å². The highest BCUT2D eigenvalue weighted by Crippen LogP contribution is 2.39. The van der Waals surface area contributed by atoms with E-state index >= 15 is 0 Å². The van der Waals surface area contributed by atoms with Crippen molar-refractivity contribution in [3.05, 3.63) is 42.0 Å². The number of anilines is 3. The molecule has 2 aliphatic rings. The van der Waals surface area contributed by atoms with Crippen molar-refractivity contribution in [1.82, 2.24) is 19.9 Å². The fraction of sp³-hybridized carbons (Fsp3) is 0.500. The Balaban J connectivity index is 1.29. The van der Waals surface area contributed by atoms with Crippen LogP contribution in [0.25, 0.3) is 22.7 Å². The van der Waals surface area contributed by atoms with Crippen molar-refractivity contribution in [2.24, 2.45) is 0 Å². The van der Waals surface area contributed by atoms with Gasteiger partial charge in [0.1, 0.15) is 6.26 Å². The van der Waals surface area contributed by atoms with Crippen molar-refractivity contribution < 1.29 is 22.8 Å². The van der Waals surface area contributed by atoms with Gasteiger partial charge in [-0.2, -0.15) is 4.98 Å². The molecule has 2 saturated heterocycles. The second-order valence-corrected chi connectivity index (χ2v) is 17.4. The largest absolute Gasteiger partial charge is 0.444 e. The molecule has 6 heterocycles. The number of pyridine rings is 2. The Morgan fingerprint density at radius 3 is 2.63 bits per heavy atom. The van der Waals surface area contributed by atoms with Gasteiger partial charge in [0.2, 0.25) is 11.5 Å². The summed E-state index contributed by atoms with van der Waals surface area (Å²) in [4.78, 5) is 35.9. The molecule has 1 atom stereocenters. The van der Waals surface area contributed by atoms with E-state index in [1.165, 1.54) is 6.26 Å². The smallest absolute Gasteiger partial charge is 0.300 e. The van der Waals surface area contributed by atoms with Crippen LogP contribution in [-0.4, -0.2) is 79.7 Å². The van der Waals surface area contributed by atoms with Crippen molar-refractivity contribution in [2.45, 2.75) is 58.4 Å². The molecule has 1 N–H and O–H groups in total. The molecule has 2 fully saturated rings. The zero-order valence-electron chi connectivity index (χ0n) is 25.6. The van der Waals surface area contributed by atoms with Gasteiger partial charge < -0.3 is 33.1 Å². The molecule has 228 valence electrons. The molecule has 2 aliphatic heterocycles. The number of aryl methyl sites for hydroxylation is 1. The van der Waals surface area contributed by atoms with E-state index in [4.69, 9.17) is 28.0 Å². The Kier molecular flexibility index (Phi) is 7.73. The molecule has 4 aromatic rings. The molecule has 0 aromatic carbocycles. The summed E-state index contributed by atoms with van der Waals surface area (Å²) in [5.74, 6) is 0.557. The van der Waals surface area contributed by atoms with Crippen LogP contribution in [0, 0.1) is 6.92 Å². The number of oxazole rings is 2. The molecule has 13 heteroatoms. The molecule has 0 aliphatic carbocycles. The van der Waals surface area contributed by atoms with E-state index in [2.05, 4.69) is 54.0 Å². The second kappa shape index (κ2) is 11.4. The van der Waals surface area contributed by atoms with Crippen LogP contribution in [-0.2, 0) is 9.16 Å². The van der Waals surface area contributed by atoms with Gasteiger partial charge in [0.25, 0.3) is 11.9 Å². The van der Waals surface area contributed by atoms with E-state index in [0.29, 0.717) is 67.5 Å². The third-order valence-electron chi connectivity index (χ3n) is 8.47. The summed E-state index contributed by atoms with van der Waals surface area (Å²) >= 11 is 0. The maximum atomic E-state index is 13.5. The van der Waals surface area contributed by atoms with Crippen LogP contribution < -0.4 is 15.1 Å². The van der Waals surface area contributed by atoms with Crippen LogP contribution >= 0.6 is 0 Å². The Morgan fingerprint density at radius 2 is 1.88 bits per heavy atom. The molecule has 1 amide bonds. The Morgan fingerprint density at radius 1 is 1.09 bits per heavy atom. The highest BCUT2D eigenvalue weighted by molar-refractivity contribution is 6.74. The SMILES string of the molecule is Cc1cc(-c2nc(C(=O)Nc3cc4oc(N5CCOCC5)nc4nc3N3CC[C@@H](O[Si](C)(C)C(C)(C)C)C3)co2)ccn1. The molecule has 0 unspecified atom stereocenters. The fourth-order valence-corrected chi connectivity index (χ4v) is 6.43. The number of hydrogen-bond donors (Lipinski definition) is 1. The molecular formula is C30H39N7O5Si. The lowest BCUT2D eigenvalue weighted by molar-refractivity contribution is 0.102. The third kappa shape index (κ3) is 6.15. The van der Waals surface area contributed by atoms with Crippen LogP contribution in [0.1, 0.15) is 43.4 Å². The first-order valence-electron chi connectivity index (χ1n) is 14.7. The first kappa shape index (κ1) is 29.3. The zero-order valence-corrected chi connectivity index (χ0v) is 26.6. The Bertz CT molecular complexity index is 1620. The van der Waals surface area contributed by atoms with Gasteiger partial charge in [-0.15, -0.1) is 0 Å². The van der Waals surface area contributed by atoms with Crippen LogP contribution in [0.15, 0.2) is 39.5 Å². The summed E-state index contributed by atoms with van der Waals surface area (Å²) in [6, 6.07) is 5.94. The van der Waals surface area contributed by atoms with E-state index in [9.17, 15) is 4.79 Å². The van der Waals surface area contributed by atoms with Gasteiger partial charge in [-0.25, -0.2) is 9.97 Å². The number of rotatable bonds is 7. The summed E-state index contributed by atoms with van der Waals surface area (Å²) in [7, 11) is -1.96. The average molecular weight is 606 g/mol. The predicted molar refractivity (Wildman–Crippen MR) is 166 cm³/mol. The van der Waals surface area contributed by atoms with Gasteiger partial charge in [0.15, 0.2) is 25.4 Å². The number of fused-ring (bicyclic) bond motifs is 1. The maximum Gasteiger partial charge on any atom is 0.300 e. The van der Waals surface area contributed by atoms with Crippen molar-refractivity contribution in [3.63, 3.8) is 0 Å². The standard InChI is InChI=1S/C30H39N7O5Si/c1-19-15-20(7-9-31-19)28-33-23(18-40-28)27(38)32-22-16-24-25(35-29(41-24)36-11-13-39-14-12-36)34-26(22)37-10-8-21(17-37)42-43(5,6)30(2,3)4/h7,9,15-16,18,21H,8,10-14,17H2,1-6H3,(H,32,38)/t21-/m1/s1. The molecule has 4 aromatic heterocycles. The maximum absolute atomic E-state index is 13.5. The second-order valence-electron chi connectivity index (χ2n) is 12.7. The molecule has 0 bridgehead atoms. The molecule has 0 spiro atoms. The van der Waals surface area contributed by atoms with Gasteiger partial charge in [-0.3, -0.25) is 9.78 Å². The number of morpholine rings is 1. The summed E-state index contributed by atoms with van der Waals surface area (Å²) in [6.07, 6.45) is 3.98. The van der Waals surface area contributed by atoms with Gasteiger partial charge in [-0.1, -0.05) is 20.8 Å². The number of hydrogen-bond acceptors (Lipinski definition) is 11. The Hall–Kier alpha value is -3.81. The van der Waals surface area contributed by atoms with Crippen LogP contribution in [0.2, 0.25) is 18.1 Å². The lowest BCUT2D eigenvalue weighted by Crippen LogP contribution is -2.44. The lowest BCUT2D eigenvalue weighted by atomic mass is 10.2. The topological polar surface area (TPSA) is 132 Å². The minimum Gasteiger partial charge on any atom is -0.444 e. The van der Waals surface area contributed by atoms with Crippen molar-refractivity contribution >= 4 is 43.0 Å². The molecule has 0 radical (unpaired) electrons. The van der Waals surface area contributed by atoms with E-state index in [1.54, 1.807) is 18.3 Å². The van der Waals surface area contributed by atoms with E-state index < -0.39 is 14.2 Å². The summed E-state index contributed by atoms with van der Waals surface area (Å²) in [5, 5.41) is 3.13. The molecule has 43 heavy (non-hydrogen) atoms. The number of carbonyl (C=O) groups excluding carboxylic acids is 1. The number of amides is 1. The summed E-state index contributed by atoms with van der Waals surface area (Å²) < 4.78 is 24.0. The normalized spacial score (nSPS) is 18.0. The van der Waals surface area contributed by atoms with Crippen LogP contribution in [0.3, 0.4) is 0 Å². The van der Waals surface area contributed by atoms with E-state index in [-0.39, 0.29) is 16.8 Å². The van der Waals surface area contributed by atoms with Gasteiger partial charge >= 0.3 is 0 Å². The minimum atomic E-state index is -1.96. The first-order valence-corrected chi connectivity index (χ1v) is 17.6. The number of aromatic nitrogens is 4. The number of carbonyl (C=O) groups is 1. The fourth-order valence-electron chi connectivity index (χ4n) is 5.05. The third-order valence-corrected chi connectivity index (χ3v) is 13.0. The summed E-state index contributed by atoms with van der Waals surface area (Å²) in [6.45, 7) is 17.2. The lowest BCUT2D eigenvalue weighted by Gasteiger charge is -2.38. The highest BCUT2D eigenvalue weighted by atomic mass is 28.4. The van der Waals surface area contributed by atoms with Crippen molar-refractivity contribution in [1.29, 1.82) is 0 Å². The van der Waals surface area contributed by atoms with Gasteiger partial charge in [0, 0.05) is 49.7 Å². The number of ether oxygens (including phenoxy) is 1. The van der Waals surface area contributed by atoms with Gasteiger partial charge in [0.05, 0.1) is 25.0 Å². The molecular weight excluding hydrogens is 566 g/mol. The van der Waals surface area contributed by atoms with Gasteiger partial charge in [-0.05, 0) is 43.6 Å². The number of nitrogens with zero attached hydrogens (tertiary/aromatic N) is 6. The summed E-state index contributed by atoms with van der Waals surface area (Å²) in [5.41, 5.74) is 3.22. The predicted octanol–water partition coefficient (Wildman–Crippen LogP) is 5.27. The quantitative estimate of drug-likeness (QED) is 0.276. The Labute approximate surface area is 251 Å². The minimum absolute atomic E-state index is 0.0741. The van der Waals surface area contributed by atoms with Crippen LogP contribution in [0.5, 0.6) is 0 Å². The first-order chi connectivity index (χ1) is 20.5. The van der Waals surface area contributed by atoms with Crippen molar-refractivity contribution in [2.75, 3.05) is 54.5 Å². The average Bonchev–Trinajstić information content (AvgIpc) is 3.72. The van der Waals surface area contributed by atoms with E-state index in [1.807, 2.05) is 17.9 Å². The number of nitrogens with one attached hydrogen (secondary N) is 1. The zero-order chi connectivity index (χ0) is 30.4. The molecule has 0 saturated carbocycles. The van der Waals surface area contributed by atoms with E-state index in [0.717, 1.165) is 24.2 Å². The monoisotopic (exact) mass is 605 g/mol.